The molecule has 0 aliphatic rings. The summed E-state index contributed by atoms with van der Waals surface area (Å²) in [5.41, 5.74) is 1.32. The lowest BCUT2D eigenvalue weighted by molar-refractivity contribution is -0.906. The quantitative estimate of drug-likeness (QED) is 0.560. The molecule has 1 aromatic carbocycles. The fourth-order valence-corrected chi connectivity index (χ4v) is 2.55. The molecule has 23 heavy (non-hydrogen) atoms. The van der Waals surface area contributed by atoms with Gasteiger partial charge in [-0.05, 0) is 19.8 Å². The number of hydrogen-bond acceptors (Lipinski definition) is 3. The number of nitrogens with zero attached hydrogens (tertiary/aromatic N) is 1. The van der Waals surface area contributed by atoms with Crippen LogP contribution in [0.25, 0.3) is 0 Å². The van der Waals surface area contributed by atoms with Crippen molar-refractivity contribution in [2.45, 2.75) is 58.6 Å². The Kier molecular flexibility index (Phi) is 11.4. The van der Waals surface area contributed by atoms with Gasteiger partial charge in [-0.25, -0.2) is 0 Å². The molecule has 0 aromatic heterocycles. The van der Waals surface area contributed by atoms with Gasteiger partial charge in [-0.15, -0.1) is 0 Å². The molecule has 1 aromatic rings. The number of carbonyl (C=O) groups excluding carboxylic acids is 1. The first-order valence-electron chi connectivity index (χ1n) is 8.50. The highest BCUT2D eigenvalue weighted by Crippen LogP contribution is 2.09. The van der Waals surface area contributed by atoms with Gasteiger partial charge in [0, 0.05) is 11.5 Å². The third-order valence-corrected chi connectivity index (χ3v) is 3.45. The van der Waals surface area contributed by atoms with E-state index in [1.54, 1.807) is 0 Å². The molecule has 4 heteroatoms. The molecule has 0 aliphatic carbocycles. The summed E-state index contributed by atoms with van der Waals surface area (Å²) in [6, 6.07) is 10.4. The third kappa shape index (κ3) is 14.0. The Morgan fingerprint density at radius 1 is 1.17 bits per heavy atom. The summed E-state index contributed by atoms with van der Waals surface area (Å²) < 4.78 is 0.821. The minimum Gasteiger partial charge on any atom is -0.550 e. The molecule has 1 N–H and O–H groups in total. The lowest BCUT2D eigenvalue weighted by Crippen LogP contribution is -2.43. The zero-order valence-electron chi connectivity index (χ0n) is 15.1. The summed E-state index contributed by atoms with van der Waals surface area (Å²) in [6.07, 6.45) is 4.05. The van der Waals surface area contributed by atoms with Crippen LogP contribution in [-0.2, 0) is 11.3 Å². The number of rotatable bonds is 9. The van der Waals surface area contributed by atoms with E-state index in [0.29, 0.717) is 0 Å². The second-order valence-corrected chi connectivity index (χ2v) is 6.79. The number of aliphatic carboxylic acids is 1. The number of aliphatic hydroxyl groups excluding tert-OH is 1. The SMILES string of the molecule is CC(O)C[N+](C)(C)Cc1ccccc1.CCCCCCC(=O)[O-]. The van der Waals surface area contributed by atoms with Gasteiger partial charge in [0.1, 0.15) is 19.2 Å². The summed E-state index contributed by atoms with van der Waals surface area (Å²) in [5, 5.41) is 19.2. The number of aliphatic hydroxyl groups is 1. The molecule has 0 radical (unpaired) electrons. The largest absolute Gasteiger partial charge is 0.550 e. The maximum Gasteiger partial charge on any atom is 0.105 e. The van der Waals surface area contributed by atoms with Crippen LogP contribution in [0.5, 0.6) is 0 Å². The van der Waals surface area contributed by atoms with Crippen molar-refractivity contribution in [2.24, 2.45) is 0 Å². The number of carboxylic acids is 1. The molecule has 0 bridgehead atoms. The Hall–Kier alpha value is -1.39. The number of likely N-dealkylation sites (N-methyl/N-ethyl adjacent to an activating group) is 1. The molecule has 132 valence electrons. The van der Waals surface area contributed by atoms with Crippen LogP contribution in [-0.4, -0.2) is 42.3 Å². The zero-order valence-corrected chi connectivity index (χ0v) is 15.1. The minimum atomic E-state index is -0.925. The monoisotopic (exact) mass is 323 g/mol. The van der Waals surface area contributed by atoms with Crippen molar-refractivity contribution in [3.63, 3.8) is 0 Å². The van der Waals surface area contributed by atoms with Crippen LogP contribution in [0.2, 0.25) is 0 Å². The Labute approximate surface area is 141 Å². The summed E-state index contributed by atoms with van der Waals surface area (Å²) in [6.45, 7) is 5.69. The maximum absolute atomic E-state index is 9.85. The molecule has 0 aliphatic heterocycles. The van der Waals surface area contributed by atoms with Gasteiger partial charge in [0.15, 0.2) is 0 Å². The van der Waals surface area contributed by atoms with Crippen molar-refractivity contribution < 1.29 is 19.5 Å². The van der Waals surface area contributed by atoms with Crippen LogP contribution in [0.15, 0.2) is 30.3 Å². The minimum absolute atomic E-state index is 0.222. The summed E-state index contributed by atoms with van der Waals surface area (Å²) in [7, 11) is 4.28. The highest BCUT2D eigenvalue weighted by Gasteiger charge is 2.17. The van der Waals surface area contributed by atoms with Gasteiger partial charge in [0.2, 0.25) is 0 Å². The molecule has 0 saturated heterocycles. The van der Waals surface area contributed by atoms with Crippen molar-refractivity contribution in [3.8, 4) is 0 Å². The molecule has 1 atom stereocenters. The van der Waals surface area contributed by atoms with E-state index in [1.807, 2.05) is 13.0 Å². The Morgan fingerprint density at radius 2 is 1.78 bits per heavy atom. The molecule has 0 saturated carbocycles. The molecule has 0 spiro atoms. The van der Waals surface area contributed by atoms with Crippen LogP contribution in [0.1, 0.15) is 51.5 Å². The molecule has 4 nitrogen and oxygen atoms in total. The number of hydrogen-bond donors (Lipinski definition) is 1. The first-order chi connectivity index (χ1) is 10.8. The molecule has 0 heterocycles. The summed E-state index contributed by atoms with van der Waals surface area (Å²) in [5.74, 6) is -0.925. The number of benzene rings is 1. The van der Waals surface area contributed by atoms with Crippen molar-refractivity contribution in [2.75, 3.05) is 20.6 Å². The summed E-state index contributed by atoms with van der Waals surface area (Å²) >= 11 is 0. The summed E-state index contributed by atoms with van der Waals surface area (Å²) in [4.78, 5) is 9.85. The Morgan fingerprint density at radius 3 is 2.26 bits per heavy atom. The van der Waals surface area contributed by atoms with E-state index in [0.717, 1.165) is 43.3 Å². The number of carboxylic acid groups (broad SMARTS) is 1. The second kappa shape index (κ2) is 12.1. The topological polar surface area (TPSA) is 60.4 Å². The first kappa shape index (κ1) is 21.6. The Bertz CT molecular complexity index is 416. The van der Waals surface area contributed by atoms with Crippen LogP contribution >= 0.6 is 0 Å². The van der Waals surface area contributed by atoms with E-state index >= 15 is 0 Å². The van der Waals surface area contributed by atoms with Gasteiger partial charge in [0.05, 0.1) is 14.1 Å². The van der Waals surface area contributed by atoms with Crippen molar-refractivity contribution in [3.05, 3.63) is 35.9 Å². The van der Waals surface area contributed by atoms with E-state index in [1.165, 1.54) is 5.56 Å². The standard InChI is InChI=1S/C12H20NO.C7H14O2/c1-11(14)9-13(2,3)10-12-7-5-4-6-8-12;1-2-3-4-5-6-7(8)9/h4-8,11,14H,9-10H2,1-3H3;2-6H2,1H3,(H,8,9)/q+1;/p-1. The smallest absolute Gasteiger partial charge is 0.105 e. The third-order valence-electron chi connectivity index (χ3n) is 3.45. The fraction of sp³-hybridized carbons (Fsp3) is 0.632. The van der Waals surface area contributed by atoms with Gasteiger partial charge < -0.3 is 19.5 Å². The zero-order chi connectivity index (χ0) is 17.7. The molecule has 1 rings (SSSR count). The van der Waals surface area contributed by atoms with Crippen LogP contribution in [0.3, 0.4) is 0 Å². The average molecular weight is 323 g/mol. The van der Waals surface area contributed by atoms with Crippen molar-refractivity contribution >= 4 is 5.97 Å². The lowest BCUT2D eigenvalue weighted by Gasteiger charge is -2.31. The van der Waals surface area contributed by atoms with Crippen LogP contribution in [0.4, 0.5) is 0 Å². The maximum atomic E-state index is 9.85. The first-order valence-corrected chi connectivity index (χ1v) is 8.50. The fourth-order valence-electron chi connectivity index (χ4n) is 2.55. The highest BCUT2D eigenvalue weighted by molar-refractivity contribution is 5.63. The average Bonchev–Trinajstić information content (AvgIpc) is 2.43. The van der Waals surface area contributed by atoms with E-state index < -0.39 is 5.97 Å². The number of unbranched alkanes of at least 4 members (excludes halogenated alkanes) is 3. The molecular weight excluding hydrogens is 290 g/mol. The van der Waals surface area contributed by atoms with Crippen LogP contribution < -0.4 is 5.11 Å². The van der Waals surface area contributed by atoms with Gasteiger partial charge in [0.25, 0.3) is 0 Å². The van der Waals surface area contributed by atoms with Crippen molar-refractivity contribution in [1.82, 2.24) is 0 Å². The van der Waals surface area contributed by atoms with Gasteiger partial charge in [-0.2, -0.15) is 0 Å². The highest BCUT2D eigenvalue weighted by atomic mass is 16.4. The van der Waals surface area contributed by atoms with Gasteiger partial charge in [-0.1, -0.05) is 56.5 Å². The predicted molar refractivity (Wildman–Crippen MR) is 92.6 cm³/mol. The second-order valence-electron chi connectivity index (χ2n) is 6.79. The van der Waals surface area contributed by atoms with Gasteiger partial charge in [-0.3, -0.25) is 0 Å². The molecule has 1 unspecified atom stereocenters. The van der Waals surface area contributed by atoms with Gasteiger partial charge >= 0.3 is 0 Å². The lowest BCUT2D eigenvalue weighted by atomic mass is 10.2. The molecular formula is C19H33NO3. The molecule has 0 amide bonds. The van der Waals surface area contributed by atoms with E-state index in [2.05, 4.69) is 45.3 Å². The number of carbonyl (C=O) groups is 1. The Balaban J connectivity index is 0.000000468. The van der Waals surface area contributed by atoms with E-state index in [-0.39, 0.29) is 12.5 Å². The number of quaternary nitrogens is 1. The predicted octanol–water partition coefficient (Wildman–Crippen LogP) is 2.35. The van der Waals surface area contributed by atoms with E-state index in [4.69, 9.17) is 0 Å². The normalized spacial score (nSPS) is 12.2. The van der Waals surface area contributed by atoms with Crippen molar-refractivity contribution in [1.29, 1.82) is 0 Å². The van der Waals surface area contributed by atoms with Crippen LogP contribution in [0, 0.1) is 0 Å². The molecule has 0 fully saturated rings. The van der Waals surface area contributed by atoms with E-state index in [9.17, 15) is 15.0 Å².